The van der Waals surface area contributed by atoms with E-state index in [1.165, 1.54) is 0 Å². The van der Waals surface area contributed by atoms with Crippen molar-refractivity contribution in [1.29, 1.82) is 0 Å². The van der Waals surface area contributed by atoms with Crippen LogP contribution in [0.1, 0.15) is 38.7 Å². The van der Waals surface area contributed by atoms with E-state index in [0.29, 0.717) is 11.3 Å². The molecule has 1 fully saturated rings. The fraction of sp³-hybridized carbons (Fsp3) is 0.562. The maximum atomic E-state index is 12.2. The molecule has 1 saturated carbocycles. The molecule has 110 valence electrons. The Morgan fingerprint density at radius 2 is 2.05 bits per heavy atom. The van der Waals surface area contributed by atoms with Crippen molar-refractivity contribution in [2.24, 2.45) is 5.73 Å². The molecule has 1 aromatic rings. The smallest absolute Gasteiger partial charge is 0.242 e. The summed E-state index contributed by atoms with van der Waals surface area (Å²) < 4.78 is 0. The number of nitrogens with one attached hydrogen (secondary N) is 1. The Balaban J connectivity index is 2.21. The van der Waals surface area contributed by atoms with Crippen LogP contribution < -0.4 is 11.1 Å². The van der Waals surface area contributed by atoms with E-state index in [1.807, 2.05) is 42.1 Å². The molecule has 1 aliphatic rings. The predicted octanol–water partition coefficient (Wildman–Crippen LogP) is 2.65. The highest BCUT2D eigenvalue weighted by Gasteiger charge is 2.42. The van der Waals surface area contributed by atoms with E-state index in [2.05, 4.69) is 19.2 Å². The molecule has 0 radical (unpaired) electrons. The standard InChI is InChI=1S/C16H24N2OS/c1-12(2)20-11-10-16(15(17)19,18-14-8-9-14)13-6-4-3-5-7-13/h3-7,12,14,18H,8-11H2,1-2H3,(H2,17,19). The first-order valence-corrected chi connectivity index (χ1v) is 8.34. The van der Waals surface area contributed by atoms with Gasteiger partial charge in [0.05, 0.1) is 0 Å². The summed E-state index contributed by atoms with van der Waals surface area (Å²) in [6, 6.07) is 10.3. The van der Waals surface area contributed by atoms with Gasteiger partial charge < -0.3 is 5.73 Å². The van der Waals surface area contributed by atoms with E-state index >= 15 is 0 Å². The lowest BCUT2D eigenvalue weighted by atomic mass is 9.86. The minimum atomic E-state index is -0.718. The van der Waals surface area contributed by atoms with Gasteiger partial charge in [0.2, 0.25) is 5.91 Å². The van der Waals surface area contributed by atoms with Gasteiger partial charge in [0.25, 0.3) is 0 Å². The van der Waals surface area contributed by atoms with E-state index in [9.17, 15) is 4.79 Å². The summed E-state index contributed by atoms with van der Waals surface area (Å²) in [5, 5.41) is 4.07. The molecule has 1 atom stereocenters. The first-order chi connectivity index (χ1) is 9.54. The van der Waals surface area contributed by atoms with Crippen molar-refractivity contribution in [3.63, 3.8) is 0 Å². The zero-order chi connectivity index (χ0) is 14.6. The number of rotatable bonds is 8. The number of carbonyl (C=O) groups is 1. The van der Waals surface area contributed by atoms with Crippen LogP contribution in [-0.2, 0) is 10.3 Å². The Hall–Kier alpha value is -1.00. The van der Waals surface area contributed by atoms with Crippen molar-refractivity contribution in [1.82, 2.24) is 5.32 Å². The highest BCUT2D eigenvalue weighted by atomic mass is 32.2. The van der Waals surface area contributed by atoms with Crippen LogP contribution in [0.3, 0.4) is 0 Å². The fourth-order valence-corrected chi connectivity index (χ4v) is 3.28. The van der Waals surface area contributed by atoms with Gasteiger partial charge in [0.1, 0.15) is 5.54 Å². The molecule has 1 unspecified atom stereocenters. The third-order valence-corrected chi connectivity index (χ3v) is 4.75. The zero-order valence-corrected chi connectivity index (χ0v) is 13.1. The third-order valence-electron chi connectivity index (χ3n) is 3.64. The third kappa shape index (κ3) is 3.76. The summed E-state index contributed by atoms with van der Waals surface area (Å²) in [4.78, 5) is 12.2. The van der Waals surface area contributed by atoms with Crippen LogP contribution in [0.25, 0.3) is 0 Å². The molecule has 0 aromatic heterocycles. The number of hydrogen-bond donors (Lipinski definition) is 2. The summed E-state index contributed by atoms with van der Waals surface area (Å²) >= 11 is 1.87. The quantitative estimate of drug-likeness (QED) is 0.774. The zero-order valence-electron chi connectivity index (χ0n) is 12.3. The SMILES string of the molecule is CC(C)SCCC(NC1CC1)(C(N)=O)c1ccccc1. The number of amides is 1. The van der Waals surface area contributed by atoms with Crippen molar-refractivity contribution >= 4 is 17.7 Å². The van der Waals surface area contributed by atoms with Crippen molar-refractivity contribution in [2.45, 2.75) is 49.9 Å². The Morgan fingerprint density at radius 3 is 2.55 bits per heavy atom. The van der Waals surface area contributed by atoms with Gasteiger partial charge in [-0.3, -0.25) is 10.1 Å². The average molecular weight is 292 g/mol. The first kappa shape index (κ1) is 15.4. The van der Waals surface area contributed by atoms with Crippen molar-refractivity contribution in [3.8, 4) is 0 Å². The summed E-state index contributed by atoms with van der Waals surface area (Å²) in [5.41, 5.74) is 6.06. The molecule has 1 amide bonds. The van der Waals surface area contributed by atoms with E-state index in [-0.39, 0.29) is 5.91 Å². The Kier molecular flexibility index (Phi) is 5.11. The predicted molar refractivity (Wildman–Crippen MR) is 85.7 cm³/mol. The number of hydrogen-bond acceptors (Lipinski definition) is 3. The van der Waals surface area contributed by atoms with Crippen LogP contribution in [0.4, 0.5) is 0 Å². The number of nitrogens with two attached hydrogens (primary N) is 1. The van der Waals surface area contributed by atoms with Crippen LogP contribution >= 0.6 is 11.8 Å². The normalized spacial score (nSPS) is 17.9. The fourth-order valence-electron chi connectivity index (χ4n) is 2.38. The van der Waals surface area contributed by atoms with Gasteiger partial charge in [0.15, 0.2) is 0 Å². The number of benzene rings is 1. The minimum absolute atomic E-state index is 0.264. The second-order valence-corrected chi connectivity index (χ2v) is 7.41. The van der Waals surface area contributed by atoms with Crippen LogP contribution in [0.15, 0.2) is 30.3 Å². The molecule has 0 spiro atoms. The molecule has 1 aromatic carbocycles. The molecular formula is C16H24N2OS. The summed E-state index contributed by atoms with van der Waals surface area (Å²) in [5.74, 6) is 0.662. The summed E-state index contributed by atoms with van der Waals surface area (Å²) in [6.07, 6.45) is 3.02. The molecule has 0 aliphatic heterocycles. The van der Waals surface area contributed by atoms with Crippen molar-refractivity contribution in [2.75, 3.05) is 5.75 Å². The highest BCUT2D eigenvalue weighted by Crippen LogP contribution is 2.32. The second kappa shape index (κ2) is 6.64. The lowest BCUT2D eigenvalue weighted by Gasteiger charge is -2.33. The number of primary amides is 1. The molecule has 0 bridgehead atoms. The van der Waals surface area contributed by atoms with Gasteiger partial charge in [-0.05, 0) is 35.8 Å². The van der Waals surface area contributed by atoms with Crippen LogP contribution in [0, 0.1) is 0 Å². The molecule has 3 N–H and O–H groups in total. The monoisotopic (exact) mass is 292 g/mol. The lowest BCUT2D eigenvalue weighted by Crippen LogP contribution is -2.54. The maximum Gasteiger partial charge on any atom is 0.242 e. The summed E-state index contributed by atoms with van der Waals surface area (Å²) in [7, 11) is 0. The molecular weight excluding hydrogens is 268 g/mol. The molecule has 0 saturated heterocycles. The molecule has 2 rings (SSSR count). The molecule has 1 aliphatic carbocycles. The Bertz CT molecular complexity index is 445. The average Bonchev–Trinajstić information content (AvgIpc) is 3.21. The van der Waals surface area contributed by atoms with Gasteiger partial charge in [-0.15, -0.1) is 0 Å². The molecule has 0 heterocycles. The van der Waals surface area contributed by atoms with E-state index in [1.54, 1.807) is 0 Å². The summed E-state index contributed by atoms with van der Waals surface area (Å²) in [6.45, 7) is 4.35. The number of thioether (sulfide) groups is 1. The highest BCUT2D eigenvalue weighted by molar-refractivity contribution is 7.99. The lowest BCUT2D eigenvalue weighted by molar-refractivity contribution is -0.125. The maximum absolute atomic E-state index is 12.2. The largest absolute Gasteiger partial charge is 0.368 e. The molecule has 3 nitrogen and oxygen atoms in total. The topological polar surface area (TPSA) is 55.1 Å². The molecule has 4 heteroatoms. The number of carbonyl (C=O) groups excluding carboxylic acids is 1. The second-order valence-electron chi connectivity index (χ2n) is 5.72. The van der Waals surface area contributed by atoms with E-state index < -0.39 is 5.54 Å². The minimum Gasteiger partial charge on any atom is -0.368 e. The Morgan fingerprint density at radius 1 is 1.40 bits per heavy atom. The van der Waals surface area contributed by atoms with E-state index in [0.717, 1.165) is 30.6 Å². The van der Waals surface area contributed by atoms with Gasteiger partial charge in [-0.1, -0.05) is 44.2 Å². The van der Waals surface area contributed by atoms with E-state index in [4.69, 9.17) is 5.73 Å². The van der Waals surface area contributed by atoms with Crippen LogP contribution in [-0.4, -0.2) is 23.0 Å². The van der Waals surface area contributed by atoms with Gasteiger partial charge >= 0.3 is 0 Å². The Labute approximate surface area is 125 Å². The molecule has 20 heavy (non-hydrogen) atoms. The van der Waals surface area contributed by atoms with Crippen molar-refractivity contribution < 1.29 is 4.79 Å². The van der Waals surface area contributed by atoms with Crippen LogP contribution in [0.5, 0.6) is 0 Å². The van der Waals surface area contributed by atoms with Crippen LogP contribution in [0.2, 0.25) is 0 Å². The van der Waals surface area contributed by atoms with Crippen molar-refractivity contribution in [3.05, 3.63) is 35.9 Å². The first-order valence-electron chi connectivity index (χ1n) is 7.29. The van der Waals surface area contributed by atoms with Gasteiger partial charge in [-0.2, -0.15) is 11.8 Å². The van der Waals surface area contributed by atoms with Gasteiger partial charge in [0, 0.05) is 6.04 Å². The van der Waals surface area contributed by atoms with Gasteiger partial charge in [-0.25, -0.2) is 0 Å².